The predicted octanol–water partition coefficient (Wildman–Crippen LogP) is 3.98. The number of rotatable bonds is 3. The van der Waals surface area contributed by atoms with Crippen LogP contribution in [-0.2, 0) is 19.4 Å². The first-order valence-electron chi connectivity index (χ1n) is 7.92. The van der Waals surface area contributed by atoms with Gasteiger partial charge in [-0.2, -0.15) is 0 Å². The minimum Gasteiger partial charge on any atom is -0.292 e. The van der Waals surface area contributed by atoms with Gasteiger partial charge in [-0.05, 0) is 43.4 Å². The Morgan fingerprint density at radius 3 is 2.96 bits per heavy atom. The number of aromatic nitrogens is 2. The minimum atomic E-state index is -0.0947. The highest BCUT2D eigenvalue weighted by Gasteiger charge is 2.20. The summed E-state index contributed by atoms with van der Waals surface area (Å²) < 4.78 is 2.29. The maximum atomic E-state index is 12.9. The molecular formula is C18H15BrN2O2S. The van der Waals surface area contributed by atoms with Crippen LogP contribution in [0.4, 0.5) is 0 Å². The molecule has 0 saturated heterocycles. The third-order valence-corrected chi connectivity index (χ3v) is 6.10. The molecule has 122 valence electrons. The number of carbonyl (C=O) groups is 1. The largest absolute Gasteiger partial charge is 0.292 e. The van der Waals surface area contributed by atoms with Gasteiger partial charge in [-0.25, -0.2) is 4.98 Å². The molecule has 4 rings (SSSR count). The second-order valence-corrected chi connectivity index (χ2v) is 8.00. The lowest BCUT2D eigenvalue weighted by Gasteiger charge is -2.10. The fraction of sp³-hybridized carbons (Fsp3) is 0.278. The molecule has 0 amide bonds. The molecule has 2 heterocycles. The van der Waals surface area contributed by atoms with Crippen LogP contribution in [-0.4, -0.2) is 15.3 Å². The van der Waals surface area contributed by atoms with Crippen molar-refractivity contribution in [2.24, 2.45) is 0 Å². The van der Waals surface area contributed by atoms with E-state index in [1.165, 1.54) is 22.2 Å². The summed E-state index contributed by atoms with van der Waals surface area (Å²) in [7, 11) is 0. The Kier molecular flexibility index (Phi) is 4.10. The number of halogens is 1. The van der Waals surface area contributed by atoms with Crippen molar-refractivity contribution >= 4 is 43.3 Å². The van der Waals surface area contributed by atoms with Gasteiger partial charge in [-0.3, -0.25) is 14.2 Å². The topological polar surface area (TPSA) is 52.0 Å². The fourth-order valence-corrected chi connectivity index (χ4v) is 4.82. The number of Topliss-reactive ketones (excluding diaryl/α,β-unsaturated/α-hetero) is 1. The second-order valence-electron chi connectivity index (χ2n) is 6.00. The molecule has 2 aromatic heterocycles. The molecular weight excluding hydrogens is 388 g/mol. The minimum absolute atomic E-state index is 0.0167. The zero-order valence-electron chi connectivity index (χ0n) is 12.9. The summed E-state index contributed by atoms with van der Waals surface area (Å²) in [5.74, 6) is -0.0938. The van der Waals surface area contributed by atoms with Gasteiger partial charge in [-0.15, -0.1) is 11.3 Å². The van der Waals surface area contributed by atoms with E-state index in [2.05, 4.69) is 20.9 Å². The number of fused-ring (bicyclic) bond motifs is 3. The highest BCUT2D eigenvalue weighted by Crippen LogP contribution is 2.33. The molecule has 0 unspecified atom stereocenters. The summed E-state index contributed by atoms with van der Waals surface area (Å²) in [5.41, 5.74) is 1.65. The van der Waals surface area contributed by atoms with Gasteiger partial charge in [0.25, 0.3) is 5.56 Å². The van der Waals surface area contributed by atoms with Crippen molar-refractivity contribution in [1.82, 2.24) is 9.55 Å². The average molecular weight is 403 g/mol. The SMILES string of the molecule is O=C(Cn1cnc2sc3c(c2c1=O)CCCC3)c1cccc(Br)c1. The molecule has 0 fully saturated rings. The van der Waals surface area contributed by atoms with Crippen molar-refractivity contribution < 1.29 is 4.79 Å². The molecule has 0 N–H and O–H groups in total. The maximum absolute atomic E-state index is 12.9. The van der Waals surface area contributed by atoms with Gasteiger partial charge >= 0.3 is 0 Å². The van der Waals surface area contributed by atoms with E-state index >= 15 is 0 Å². The molecule has 6 heteroatoms. The number of hydrogen-bond acceptors (Lipinski definition) is 4. The van der Waals surface area contributed by atoms with Crippen LogP contribution >= 0.6 is 27.3 Å². The highest BCUT2D eigenvalue weighted by molar-refractivity contribution is 9.10. The molecule has 0 bridgehead atoms. The molecule has 1 aliphatic rings. The van der Waals surface area contributed by atoms with Crippen LogP contribution in [0.3, 0.4) is 0 Å². The lowest BCUT2D eigenvalue weighted by Crippen LogP contribution is -2.25. The third kappa shape index (κ3) is 2.74. The Labute approximate surface area is 151 Å². The zero-order valence-corrected chi connectivity index (χ0v) is 15.3. The zero-order chi connectivity index (χ0) is 16.7. The van der Waals surface area contributed by atoms with Gasteiger partial charge in [0, 0.05) is 14.9 Å². The molecule has 3 aromatic rings. The average Bonchev–Trinajstić information content (AvgIpc) is 2.96. The summed E-state index contributed by atoms with van der Waals surface area (Å²) in [5, 5.41) is 0.722. The maximum Gasteiger partial charge on any atom is 0.262 e. The summed E-state index contributed by atoms with van der Waals surface area (Å²) in [6, 6.07) is 7.22. The van der Waals surface area contributed by atoms with E-state index < -0.39 is 0 Å². The normalized spacial score (nSPS) is 13.9. The van der Waals surface area contributed by atoms with E-state index in [1.807, 2.05) is 12.1 Å². The quantitative estimate of drug-likeness (QED) is 0.622. The Hall–Kier alpha value is -1.79. The summed E-state index contributed by atoms with van der Waals surface area (Å²) in [4.78, 5) is 31.9. The van der Waals surface area contributed by atoms with E-state index in [9.17, 15) is 9.59 Å². The molecule has 0 radical (unpaired) electrons. The van der Waals surface area contributed by atoms with Gasteiger partial charge in [-0.1, -0.05) is 28.1 Å². The Morgan fingerprint density at radius 2 is 2.12 bits per heavy atom. The number of hydrogen-bond donors (Lipinski definition) is 0. The van der Waals surface area contributed by atoms with Crippen molar-refractivity contribution in [3.8, 4) is 0 Å². The van der Waals surface area contributed by atoms with Crippen LogP contribution < -0.4 is 5.56 Å². The lowest BCUT2D eigenvalue weighted by molar-refractivity contribution is 0.0970. The van der Waals surface area contributed by atoms with Crippen LogP contribution in [0.15, 0.2) is 39.9 Å². The van der Waals surface area contributed by atoms with Crippen molar-refractivity contribution in [1.29, 1.82) is 0 Å². The van der Waals surface area contributed by atoms with E-state index in [4.69, 9.17) is 0 Å². The van der Waals surface area contributed by atoms with Crippen LogP contribution in [0, 0.1) is 0 Å². The number of aryl methyl sites for hydroxylation is 2. The first-order chi connectivity index (χ1) is 11.6. The lowest BCUT2D eigenvalue weighted by atomic mass is 9.97. The predicted molar refractivity (Wildman–Crippen MR) is 99.0 cm³/mol. The Bertz CT molecular complexity index is 1010. The first-order valence-corrected chi connectivity index (χ1v) is 9.53. The summed E-state index contributed by atoms with van der Waals surface area (Å²) >= 11 is 4.99. The van der Waals surface area contributed by atoms with Gasteiger partial charge in [0.1, 0.15) is 4.83 Å². The highest BCUT2D eigenvalue weighted by atomic mass is 79.9. The number of nitrogens with zero attached hydrogens (tertiary/aromatic N) is 2. The summed E-state index contributed by atoms with van der Waals surface area (Å²) in [6.45, 7) is 0.0167. The van der Waals surface area contributed by atoms with Gasteiger partial charge in [0.15, 0.2) is 5.78 Å². The van der Waals surface area contributed by atoms with E-state index in [0.717, 1.165) is 39.5 Å². The molecule has 0 atom stereocenters. The molecule has 1 aliphatic carbocycles. The van der Waals surface area contributed by atoms with Crippen LogP contribution in [0.25, 0.3) is 10.2 Å². The Balaban J connectivity index is 1.73. The van der Waals surface area contributed by atoms with E-state index in [-0.39, 0.29) is 17.9 Å². The second kappa shape index (κ2) is 6.26. The molecule has 0 saturated carbocycles. The van der Waals surface area contributed by atoms with Crippen LogP contribution in [0.2, 0.25) is 0 Å². The van der Waals surface area contributed by atoms with Crippen molar-refractivity contribution in [3.63, 3.8) is 0 Å². The smallest absolute Gasteiger partial charge is 0.262 e. The first kappa shape index (κ1) is 15.7. The van der Waals surface area contributed by atoms with Crippen LogP contribution in [0.5, 0.6) is 0 Å². The molecule has 0 spiro atoms. The summed E-state index contributed by atoms with van der Waals surface area (Å²) in [6.07, 6.45) is 5.77. The van der Waals surface area contributed by atoms with Gasteiger partial charge in [0.2, 0.25) is 0 Å². The molecule has 1 aromatic carbocycles. The standard InChI is InChI=1S/C18H15BrN2O2S/c19-12-5-3-4-11(8-12)14(22)9-21-10-20-17-16(18(21)23)13-6-1-2-7-15(13)24-17/h3-5,8,10H,1-2,6-7,9H2. The van der Waals surface area contributed by atoms with Gasteiger partial charge in [0.05, 0.1) is 18.3 Å². The third-order valence-electron chi connectivity index (χ3n) is 4.40. The van der Waals surface area contributed by atoms with Crippen molar-refractivity contribution in [2.75, 3.05) is 0 Å². The van der Waals surface area contributed by atoms with Crippen molar-refractivity contribution in [2.45, 2.75) is 32.2 Å². The fourth-order valence-electron chi connectivity index (χ4n) is 3.20. The van der Waals surface area contributed by atoms with Crippen LogP contribution in [0.1, 0.15) is 33.6 Å². The molecule has 24 heavy (non-hydrogen) atoms. The van der Waals surface area contributed by atoms with E-state index in [0.29, 0.717) is 5.56 Å². The number of carbonyl (C=O) groups excluding carboxylic acids is 1. The number of ketones is 1. The number of benzene rings is 1. The monoisotopic (exact) mass is 402 g/mol. The van der Waals surface area contributed by atoms with Crippen molar-refractivity contribution in [3.05, 3.63) is 61.4 Å². The molecule has 0 aliphatic heterocycles. The molecule has 4 nitrogen and oxygen atoms in total. The van der Waals surface area contributed by atoms with E-state index in [1.54, 1.807) is 23.5 Å². The number of thiophene rings is 1. The Morgan fingerprint density at radius 1 is 1.29 bits per heavy atom. The van der Waals surface area contributed by atoms with Gasteiger partial charge < -0.3 is 0 Å².